The van der Waals surface area contributed by atoms with Crippen molar-refractivity contribution in [3.8, 4) is 11.1 Å². The van der Waals surface area contributed by atoms with Crippen LogP contribution in [0.5, 0.6) is 0 Å². The molecule has 2 aliphatic carbocycles. The van der Waals surface area contributed by atoms with E-state index in [0.29, 0.717) is 7.35 Å². The van der Waals surface area contributed by atoms with E-state index in [1.54, 1.807) is 11.1 Å². The molecule has 0 nitrogen and oxygen atoms in total. The topological polar surface area (TPSA) is 0 Å². The van der Waals surface area contributed by atoms with E-state index in [4.69, 9.17) is 0 Å². The van der Waals surface area contributed by atoms with Crippen LogP contribution < -0.4 is 0 Å². The van der Waals surface area contributed by atoms with E-state index >= 15 is 0 Å². The second kappa shape index (κ2) is 5.66. The fourth-order valence-electron chi connectivity index (χ4n) is 5.53. The molecule has 2 aromatic rings. The molecule has 0 spiro atoms. The van der Waals surface area contributed by atoms with Crippen LogP contribution in [0.2, 0.25) is 17.2 Å². The quantitative estimate of drug-likeness (QED) is 0.402. The van der Waals surface area contributed by atoms with Crippen LogP contribution in [0.1, 0.15) is 28.1 Å². The number of hydrogen-bond acceptors (Lipinski definition) is 0. The van der Waals surface area contributed by atoms with Gasteiger partial charge in [-0.15, -0.1) is 0 Å². The van der Waals surface area contributed by atoms with Crippen LogP contribution in [-0.2, 0) is 18.5 Å². The molecule has 24 heavy (non-hydrogen) atoms. The summed E-state index contributed by atoms with van der Waals surface area (Å²) in [6, 6.07) is 18.3. The van der Waals surface area contributed by atoms with Crippen LogP contribution in [0.15, 0.2) is 72.8 Å². The number of benzene rings is 2. The first-order valence-corrected chi connectivity index (χ1v) is 23.2. The zero-order valence-electron chi connectivity index (χ0n) is 15.0. The second-order valence-electron chi connectivity index (χ2n) is 8.59. The van der Waals surface area contributed by atoms with Gasteiger partial charge in [0.05, 0.1) is 0 Å². The average Bonchev–Trinajstić information content (AvgIpc) is 3.22. The van der Waals surface area contributed by atoms with Gasteiger partial charge in [0.2, 0.25) is 0 Å². The molecule has 0 aliphatic heterocycles. The molecule has 0 saturated heterocycles. The van der Waals surface area contributed by atoms with Gasteiger partial charge in [-0.1, -0.05) is 0 Å². The van der Waals surface area contributed by atoms with Crippen molar-refractivity contribution in [3.05, 3.63) is 84.0 Å². The Labute approximate surface area is 147 Å². The molecule has 0 unspecified atom stereocenters. The number of allylic oxidation sites excluding steroid dienone is 4. The van der Waals surface area contributed by atoms with Crippen molar-refractivity contribution in [3.63, 3.8) is 0 Å². The maximum absolute atomic E-state index is 3.29. The predicted octanol–water partition coefficient (Wildman–Crippen LogP) is 7.29. The zero-order chi connectivity index (χ0) is 16.8. The molecule has 0 heterocycles. The van der Waals surface area contributed by atoms with Crippen LogP contribution in [0.25, 0.3) is 11.1 Å². The SMILES string of the molecule is CC[CH2][Hf]([CH3])([CH3])([CH]1C=CC=C1)[CH]1c2ccccc2-c2ccccc21. The number of fused-ring (bicyclic) bond motifs is 3. The molecule has 0 aromatic heterocycles. The van der Waals surface area contributed by atoms with Crippen molar-refractivity contribution >= 4 is 0 Å². The molecule has 0 saturated carbocycles. The van der Waals surface area contributed by atoms with E-state index in [-0.39, 0.29) is 0 Å². The minimum atomic E-state index is -3.29. The van der Waals surface area contributed by atoms with Gasteiger partial charge in [0.1, 0.15) is 0 Å². The van der Waals surface area contributed by atoms with Crippen molar-refractivity contribution < 1.29 is 18.5 Å². The van der Waals surface area contributed by atoms with Crippen LogP contribution in [0.4, 0.5) is 0 Å². The van der Waals surface area contributed by atoms with Crippen LogP contribution in [-0.4, -0.2) is 0 Å². The van der Waals surface area contributed by atoms with Crippen LogP contribution >= 0.6 is 0 Å². The maximum atomic E-state index is 2.73. The van der Waals surface area contributed by atoms with E-state index < -0.39 is 18.5 Å². The Hall–Kier alpha value is -1.21. The molecule has 0 bridgehead atoms. The second-order valence-corrected chi connectivity index (χ2v) is 36.0. The molecule has 0 amide bonds. The number of hydrogen-bond donors (Lipinski definition) is 0. The molecule has 0 atom stereocenters. The van der Waals surface area contributed by atoms with Gasteiger partial charge >= 0.3 is 148 Å². The fourth-order valence-corrected chi connectivity index (χ4v) is 29.3. The molecule has 2 aliphatic rings. The Morgan fingerprint density at radius 1 is 0.792 bits per heavy atom. The van der Waals surface area contributed by atoms with Gasteiger partial charge in [-0.2, -0.15) is 0 Å². The molecular weight excluding hydrogens is 455 g/mol. The Balaban J connectivity index is 2.00. The first-order chi connectivity index (χ1) is 11.6. The third kappa shape index (κ3) is 2.20. The fraction of sp³-hybridized carbons (Fsp3) is 0.304. The Bertz CT molecular complexity index is 783. The van der Waals surface area contributed by atoms with Crippen molar-refractivity contribution in [1.82, 2.24) is 0 Å². The normalized spacial score (nSPS) is 18.4. The van der Waals surface area contributed by atoms with E-state index in [0.717, 1.165) is 0 Å². The molecule has 2 aromatic carbocycles. The Morgan fingerprint density at radius 2 is 1.29 bits per heavy atom. The van der Waals surface area contributed by atoms with E-state index in [1.807, 2.05) is 0 Å². The zero-order valence-corrected chi connectivity index (χ0v) is 18.6. The van der Waals surface area contributed by atoms with Gasteiger partial charge in [0.25, 0.3) is 0 Å². The van der Waals surface area contributed by atoms with Crippen molar-refractivity contribution in [1.29, 1.82) is 0 Å². The van der Waals surface area contributed by atoms with E-state index in [9.17, 15) is 0 Å². The molecule has 0 radical (unpaired) electrons. The number of rotatable bonds is 4. The van der Waals surface area contributed by atoms with Crippen molar-refractivity contribution in [2.45, 2.75) is 34.2 Å². The van der Waals surface area contributed by atoms with Gasteiger partial charge in [0, 0.05) is 0 Å². The summed E-state index contributed by atoms with van der Waals surface area (Å²) in [7, 11) is 0. The van der Waals surface area contributed by atoms with Gasteiger partial charge in [-0.05, 0) is 0 Å². The molecule has 123 valence electrons. The first-order valence-electron chi connectivity index (χ1n) is 9.29. The summed E-state index contributed by atoms with van der Waals surface area (Å²) in [6.45, 7) is 2.37. The van der Waals surface area contributed by atoms with Gasteiger partial charge in [-0.3, -0.25) is 0 Å². The third-order valence-electron chi connectivity index (χ3n) is 6.66. The molecule has 0 fully saturated rings. The first kappa shape index (κ1) is 16.3. The van der Waals surface area contributed by atoms with Crippen molar-refractivity contribution in [2.24, 2.45) is 0 Å². The summed E-state index contributed by atoms with van der Waals surface area (Å²) < 4.78 is 8.21. The Morgan fingerprint density at radius 3 is 1.79 bits per heavy atom. The van der Waals surface area contributed by atoms with Crippen LogP contribution in [0, 0.1) is 0 Å². The summed E-state index contributed by atoms with van der Waals surface area (Å²) in [5, 5.41) is 0. The monoisotopic (exact) mass is 483 g/mol. The molecule has 1 heteroatoms. The minimum absolute atomic E-state index is 0.645. The molecule has 0 N–H and O–H groups in total. The summed E-state index contributed by atoms with van der Waals surface area (Å²) in [6.07, 6.45) is 10.8. The molecule has 4 rings (SSSR count). The predicted molar refractivity (Wildman–Crippen MR) is 103 cm³/mol. The van der Waals surface area contributed by atoms with Crippen LogP contribution in [0.3, 0.4) is 0 Å². The summed E-state index contributed by atoms with van der Waals surface area (Å²) in [4.78, 5) is 0. The third-order valence-corrected chi connectivity index (χ3v) is 32.4. The standard InChI is InChI=1S/C13H9.C5H5.C3H7.2CH3.Hf/c1-3-7-12-10(5-1)9-11-6-2-4-8-13(11)12;1-2-4-5-3-1;1-3-2;;;/h1-9H;1-5H;1,3H2,2H3;2*1H3;. The molecular formula is C23H27Hf. The summed E-state index contributed by atoms with van der Waals surface area (Å²) in [5.41, 5.74) is 6.15. The van der Waals surface area contributed by atoms with Gasteiger partial charge < -0.3 is 0 Å². The summed E-state index contributed by atoms with van der Waals surface area (Å²) in [5.74, 6) is 0. The van der Waals surface area contributed by atoms with E-state index in [1.165, 1.54) is 21.7 Å². The Kier molecular flexibility index (Phi) is 3.84. The van der Waals surface area contributed by atoms with Crippen molar-refractivity contribution in [2.75, 3.05) is 0 Å². The van der Waals surface area contributed by atoms with Gasteiger partial charge in [-0.25, -0.2) is 0 Å². The van der Waals surface area contributed by atoms with Gasteiger partial charge in [0.15, 0.2) is 0 Å². The van der Waals surface area contributed by atoms with E-state index in [2.05, 4.69) is 89.1 Å². The summed E-state index contributed by atoms with van der Waals surface area (Å²) >= 11 is -3.29. The average molecular weight is 482 g/mol.